The zero-order chi connectivity index (χ0) is 28.9. The smallest absolute Gasteiger partial charge is 0.218 e. The minimum atomic E-state index is -3.12. The lowest BCUT2D eigenvalue weighted by atomic mass is 9.82. The Hall–Kier alpha value is -5.00. The Kier molecular flexibility index (Phi) is 4.87. The molecule has 0 N–H and O–H groups in total. The fourth-order valence-corrected chi connectivity index (χ4v) is 9.11. The van der Waals surface area contributed by atoms with Crippen LogP contribution in [-0.4, -0.2) is 13.9 Å². The molecule has 0 radical (unpaired) electrons. The Balaban J connectivity index is 1.42. The van der Waals surface area contributed by atoms with Crippen molar-refractivity contribution in [3.05, 3.63) is 139 Å². The van der Waals surface area contributed by atoms with Gasteiger partial charge in [0.15, 0.2) is 0 Å². The first-order valence-corrected chi connectivity index (χ1v) is 16.1. The number of hydrogen-bond donors (Lipinski definition) is 0. The van der Waals surface area contributed by atoms with Crippen LogP contribution in [0.2, 0.25) is 0 Å². The van der Waals surface area contributed by atoms with E-state index in [0.29, 0.717) is 15.8 Å². The van der Waals surface area contributed by atoms with E-state index >= 15 is 4.21 Å². The van der Waals surface area contributed by atoms with Crippen LogP contribution < -0.4 is 0 Å². The van der Waals surface area contributed by atoms with Crippen molar-refractivity contribution in [3.63, 3.8) is 0 Å². The van der Waals surface area contributed by atoms with Crippen LogP contribution in [0.1, 0.15) is 25.0 Å². The Morgan fingerprint density at radius 2 is 1.33 bits per heavy atom. The normalized spacial score (nSPS) is 18.2. The predicted octanol–water partition coefficient (Wildman–Crippen LogP) is 9.96. The van der Waals surface area contributed by atoms with Crippen molar-refractivity contribution >= 4 is 58.8 Å². The number of hydrogen-bond acceptors (Lipinski definition) is 3. The van der Waals surface area contributed by atoms with E-state index in [-0.39, 0.29) is 5.41 Å². The van der Waals surface area contributed by atoms with Gasteiger partial charge in [0.05, 0.1) is 27.3 Å². The molecule has 7 aromatic rings. The molecule has 0 fully saturated rings. The highest BCUT2D eigenvalue weighted by Crippen LogP contribution is 2.53. The first kappa shape index (κ1) is 24.6. The van der Waals surface area contributed by atoms with E-state index < -0.39 is 9.73 Å². The number of nitrogens with zero attached hydrogens (tertiary/aromatic N) is 3. The fourth-order valence-electron chi connectivity index (χ4n) is 7.09. The Morgan fingerprint density at radius 1 is 0.628 bits per heavy atom. The van der Waals surface area contributed by atoms with Gasteiger partial charge >= 0.3 is 0 Å². The van der Waals surface area contributed by atoms with E-state index in [2.05, 4.69) is 85.1 Å². The van der Waals surface area contributed by atoms with Gasteiger partial charge in [0, 0.05) is 16.2 Å². The summed E-state index contributed by atoms with van der Waals surface area (Å²) in [6, 6.07) is 43.5. The van der Waals surface area contributed by atoms with Gasteiger partial charge in [-0.25, -0.2) is 9.20 Å². The number of para-hydroxylation sites is 2. The van der Waals surface area contributed by atoms with Crippen LogP contribution in [0.25, 0.3) is 43.7 Å². The summed E-state index contributed by atoms with van der Waals surface area (Å²) in [5.74, 6) is 0. The summed E-state index contributed by atoms with van der Waals surface area (Å²) in [6.07, 6.45) is 0. The molecule has 2 aliphatic rings. The van der Waals surface area contributed by atoms with E-state index in [9.17, 15) is 0 Å². The molecule has 43 heavy (non-hydrogen) atoms. The lowest BCUT2D eigenvalue weighted by Gasteiger charge is -2.23. The number of fused-ring (bicyclic) bond motifs is 9. The van der Waals surface area contributed by atoms with Crippen LogP contribution >= 0.6 is 0 Å². The highest BCUT2D eigenvalue weighted by molar-refractivity contribution is 8.08. The van der Waals surface area contributed by atoms with Crippen molar-refractivity contribution in [1.82, 2.24) is 4.57 Å². The first-order valence-electron chi connectivity index (χ1n) is 14.6. The Bertz CT molecular complexity index is 2480. The maximum absolute atomic E-state index is 15.3. The second kappa shape index (κ2) is 8.52. The summed E-state index contributed by atoms with van der Waals surface area (Å²) in [6.45, 7) is 4.62. The van der Waals surface area contributed by atoms with Crippen molar-refractivity contribution < 1.29 is 4.21 Å². The average Bonchev–Trinajstić information content (AvgIpc) is 3.48. The summed E-state index contributed by atoms with van der Waals surface area (Å²) in [4.78, 5) is 5.79. The van der Waals surface area contributed by atoms with E-state index in [1.807, 2.05) is 60.7 Å². The molecule has 1 aromatic heterocycles. The average molecular weight is 574 g/mol. The molecule has 2 heterocycles. The Labute approximate surface area is 250 Å². The van der Waals surface area contributed by atoms with E-state index in [1.54, 1.807) is 0 Å². The molecule has 4 nitrogen and oxygen atoms in total. The minimum Gasteiger partial charge on any atom is -0.285 e. The zero-order valence-electron chi connectivity index (χ0n) is 23.8. The molecular weight excluding hydrogens is 547 g/mol. The lowest BCUT2D eigenvalue weighted by molar-refractivity contribution is 0.661. The summed E-state index contributed by atoms with van der Waals surface area (Å²) in [7, 11) is -3.12. The third kappa shape index (κ3) is 3.26. The van der Waals surface area contributed by atoms with Crippen LogP contribution in [0.4, 0.5) is 11.4 Å². The van der Waals surface area contributed by atoms with Crippen LogP contribution in [0.5, 0.6) is 0 Å². The number of aliphatic imine (C=N–C) groups is 1. The number of aromatic nitrogens is 1. The number of benzene rings is 6. The quantitative estimate of drug-likeness (QED) is 0.193. The van der Waals surface area contributed by atoms with E-state index in [4.69, 9.17) is 9.36 Å². The summed E-state index contributed by atoms with van der Waals surface area (Å²) in [5.41, 5.74) is 8.27. The highest BCUT2D eigenvalue weighted by atomic mass is 32.2. The van der Waals surface area contributed by atoms with Crippen molar-refractivity contribution in [1.29, 1.82) is 0 Å². The van der Waals surface area contributed by atoms with Crippen LogP contribution in [-0.2, 0) is 15.1 Å². The van der Waals surface area contributed by atoms with Gasteiger partial charge in [0.1, 0.15) is 9.73 Å². The monoisotopic (exact) mass is 573 g/mol. The molecule has 206 valence electrons. The molecule has 1 atom stereocenters. The van der Waals surface area contributed by atoms with Gasteiger partial charge in [-0.2, -0.15) is 4.36 Å². The molecule has 1 unspecified atom stereocenters. The SMILES string of the molecule is CC1(C)c2cc3c(cc2-c2c1ccc1ccccc21)c1ccccc1n3C1=Nc2ccccc2N=S1(=O)c1ccccc1. The molecule has 0 amide bonds. The van der Waals surface area contributed by atoms with Gasteiger partial charge in [0.2, 0.25) is 5.17 Å². The van der Waals surface area contributed by atoms with Gasteiger partial charge in [-0.05, 0) is 75.5 Å². The molecule has 0 saturated heterocycles. The van der Waals surface area contributed by atoms with Crippen molar-refractivity contribution in [2.45, 2.75) is 24.2 Å². The molecule has 0 bridgehead atoms. The maximum atomic E-state index is 15.3. The first-order chi connectivity index (χ1) is 20.9. The topological polar surface area (TPSA) is 46.7 Å². The minimum absolute atomic E-state index is 0.212. The molecule has 0 saturated carbocycles. The molecule has 9 rings (SSSR count). The van der Waals surface area contributed by atoms with Crippen LogP contribution in [0.3, 0.4) is 0 Å². The molecule has 6 aromatic carbocycles. The molecular formula is C38H27N3OS. The van der Waals surface area contributed by atoms with Crippen LogP contribution in [0.15, 0.2) is 142 Å². The standard InChI is InChI=1S/C38H27N3OS/c1-38(2)30-21-20-24-12-6-7-15-26(24)36(30)29-22-28-27-16-8-11-19-34(27)41(35(28)23-31(29)38)37-39-32-17-9-10-18-33(32)40-43(37,42)25-13-4-3-5-14-25/h3-23H,1-2H3. The van der Waals surface area contributed by atoms with Gasteiger partial charge in [-0.1, -0.05) is 98.8 Å². The van der Waals surface area contributed by atoms with Gasteiger partial charge in [-0.15, -0.1) is 0 Å². The van der Waals surface area contributed by atoms with Gasteiger partial charge < -0.3 is 0 Å². The molecule has 1 aliphatic carbocycles. The number of rotatable bonds is 1. The largest absolute Gasteiger partial charge is 0.285 e. The van der Waals surface area contributed by atoms with Crippen molar-refractivity contribution in [3.8, 4) is 11.1 Å². The third-order valence-corrected chi connectivity index (χ3v) is 11.3. The summed E-state index contributed by atoms with van der Waals surface area (Å²) < 4.78 is 22.3. The molecule has 1 aliphatic heterocycles. The highest BCUT2D eigenvalue weighted by Gasteiger charge is 2.38. The van der Waals surface area contributed by atoms with Gasteiger partial charge in [0.25, 0.3) is 0 Å². The van der Waals surface area contributed by atoms with Crippen LogP contribution in [0, 0.1) is 0 Å². The maximum Gasteiger partial charge on any atom is 0.218 e. The summed E-state index contributed by atoms with van der Waals surface area (Å²) >= 11 is 0. The second-order valence-electron chi connectivity index (χ2n) is 11.9. The van der Waals surface area contributed by atoms with Crippen molar-refractivity contribution in [2.75, 3.05) is 0 Å². The lowest BCUT2D eigenvalue weighted by Crippen LogP contribution is -2.24. The Morgan fingerprint density at radius 3 is 2.16 bits per heavy atom. The fraction of sp³-hybridized carbons (Fsp3) is 0.0789. The van der Waals surface area contributed by atoms with E-state index in [1.165, 1.54) is 33.0 Å². The zero-order valence-corrected chi connectivity index (χ0v) is 24.6. The molecule has 0 spiro atoms. The third-order valence-electron chi connectivity index (χ3n) is 9.18. The van der Waals surface area contributed by atoms with Gasteiger partial charge in [-0.3, -0.25) is 4.57 Å². The second-order valence-corrected chi connectivity index (χ2v) is 14.0. The van der Waals surface area contributed by atoms with Crippen molar-refractivity contribution in [2.24, 2.45) is 9.36 Å². The van der Waals surface area contributed by atoms with E-state index in [0.717, 1.165) is 27.5 Å². The molecule has 5 heteroatoms. The predicted molar refractivity (Wildman–Crippen MR) is 178 cm³/mol. The summed E-state index contributed by atoms with van der Waals surface area (Å²) in [5, 5.41) is 5.17.